The number of nitrogens with zero attached hydrogens (tertiary/aromatic N) is 4. The van der Waals surface area contributed by atoms with Gasteiger partial charge in [-0.25, -0.2) is 0 Å². The summed E-state index contributed by atoms with van der Waals surface area (Å²) in [5, 5.41) is 0.746. The van der Waals surface area contributed by atoms with Crippen LogP contribution in [0.2, 0.25) is 5.02 Å². The number of hydrogen-bond donors (Lipinski definition) is 0. The Morgan fingerprint density at radius 1 is 1.00 bits per heavy atom. The first-order valence-electron chi connectivity index (χ1n) is 9.41. The number of guanidine groups is 1. The number of aliphatic imine (C=N–C) groups is 1. The minimum Gasteiger partial charge on any atom is -0.497 e. The third-order valence-corrected chi connectivity index (χ3v) is 5.35. The lowest BCUT2D eigenvalue weighted by Crippen LogP contribution is -2.53. The van der Waals surface area contributed by atoms with Crippen molar-refractivity contribution in [2.24, 2.45) is 4.99 Å². The van der Waals surface area contributed by atoms with E-state index in [1.807, 2.05) is 36.4 Å². The fourth-order valence-electron chi connectivity index (χ4n) is 3.65. The van der Waals surface area contributed by atoms with Crippen LogP contribution in [0.25, 0.3) is 0 Å². The van der Waals surface area contributed by atoms with Crippen LogP contribution in [-0.2, 0) is 0 Å². The summed E-state index contributed by atoms with van der Waals surface area (Å²) in [7, 11) is 1.60. The molecule has 0 aromatic heterocycles. The summed E-state index contributed by atoms with van der Waals surface area (Å²) in [6.45, 7) is 4.60. The van der Waals surface area contributed by atoms with Gasteiger partial charge in [0.1, 0.15) is 5.75 Å². The summed E-state index contributed by atoms with van der Waals surface area (Å²) in [6, 6.07) is 15.2. The van der Waals surface area contributed by atoms with Crippen molar-refractivity contribution in [3.63, 3.8) is 0 Å². The molecule has 0 unspecified atom stereocenters. The molecule has 0 spiro atoms. The van der Waals surface area contributed by atoms with Gasteiger partial charge in [0.15, 0.2) is 0 Å². The van der Waals surface area contributed by atoms with Crippen molar-refractivity contribution in [3.05, 3.63) is 59.1 Å². The Kier molecular flexibility index (Phi) is 5.39. The van der Waals surface area contributed by atoms with Crippen LogP contribution >= 0.6 is 11.6 Å². The van der Waals surface area contributed by atoms with Crippen LogP contribution in [0, 0.1) is 0 Å². The van der Waals surface area contributed by atoms with Gasteiger partial charge >= 0.3 is 0 Å². The molecule has 2 aliphatic rings. The molecular formula is C21H23ClN4O2. The maximum absolute atomic E-state index is 13.0. The van der Waals surface area contributed by atoms with Gasteiger partial charge in [0.25, 0.3) is 5.91 Å². The summed E-state index contributed by atoms with van der Waals surface area (Å²) < 4.78 is 5.25. The first-order chi connectivity index (χ1) is 13.7. The first kappa shape index (κ1) is 18.6. The number of amides is 1. The molecule has 2 aromatic rings. The average molecular weight is 399 g/mol. The molecule has 0 radical (unpaired) electrons. The molecule has 7 heteroatoms. The third-order valence-electron chi connectivity index (χ3n) is 5.12. The highest BCUT2D eigenvalue weighted by Crippen LogP contribution is 2.22. The van der Waals surface area contributed by atoms with E-state index in [9.17, 15) is 4.79 Å². The van der Waals surface area contributed by atoms with Crippen molar-refractivity contribution in [3.8, 4) is 5.75 Å². The maximum Gasteiger partial charge on any atom is 0.260 e. The summed E-state index contributed by atoms with van der Waals surface area (Å²) in [5.41, 5.74) is 1.75. The Balaban J connectivity index is 1.43. The Hall–Kier alpha value is -2.73. The Bertz CT molecular complexity index is 893. The summed E-state index contributed by atoms with van der Waals surface area (Å²) in [4.78, 5) is 23.9. The zero-order chi connectivity index (χ0) is 19.5. The van der Waals surface area contributed by atoms with E-state index in [1.54, 1.807) is 18.1 Å². The first-order valence-corrected chi connectivity index (χ1v) is 9.79. The number of rotatable bonds is 3. The Morgan fingerprint density at radius 3 is 2.50 bits per heavy atom. The fourth-order valence-corrected chi connectivity index (χ4v) is 3.83. The van der Waals surface area contributed by atoms with Gasteiger partial charge in [-0.05, 0) is 36.4 Å². The number of benzene rings is 2. The minimum absolute atomic E-state index is 0.0348. The van der Waals surface area contributed by atoms with Crippen LogP contribution in [0.15, 0.2) is 53.5 Å². The predicted molar refractivity (Wildman–Crippen MR) is 112 cm³/mol. The third kappa shape index (κ3) is 3.78. The van der Waals surface area contributed by atoms with E-state index < -0.39 is 0 Å². The molecule has 0 saturated carbocycles. The molecular weight excluding hydrogens is 376 g/mol. The largest absolute Gasteiger partial charge is 0.497 e. The quantitative estimate of drug-likeness (QED) is 0.797. The number of carbonyl (C=O) groups excluding carboxylic acids is 1. The zero-order valence-electron chi connectivity index (χ0n) is 15.8. The maximum atomic E-state index is 13.0. The molecule has 1 saturated heterocycles. The van der Waals surface area contributed by atoms with Crippen LogP contribution in [-0.4, -0.2) is 68.0 Å². The van der Waals surface area contributed by atoms with Gasteiger partial charge in [0, 0.05) is 49.0 Å². The topological polar surface area (TPSA) is 48.4 Å². The van der Waals surface area contributed by atoms with Gasteiger partial charge in [-0.3, -0.25) is 14.7 Å². The lowest BCUT2D eigenvalue weighted by Gasteiger charge is -2.38. The van der Waals surface area contributed by atoms with Crippen molar-refractivity contribution in [1.82, 2.24) is 9.80 Å². The molecule has 6 nitrogen and oxygen atoms in total. The van der Waals surface area contributed by atoms with Gasteiger partial charge in [0.2, 0.25) is 5.96 Å². The zero-order valence-corrected chi connectivity index (χ0v) is 16.6. The molecule has 0 bridgehead atoms. The molecule has 2 aromatic carbocycles. The average Bonchev–Trinajstić information content (AvgIpc) is 3.23. The normalized spacial score (nSPS) is 16.9. The number of piperazine rings is 1. The summed E-state index contributed by atoms with van der Waals surface area (Å²) >= 11 is 6.12. The summed E-state index contributed by atoms with van der Waals surface area (Å²) in [6.07, 6.45) is 0. The van der Waals surface area contributed by atoms with Crippen LogP contribution in [0.3, 0.4) is 0 Å². The second-order valence-electron chi connectivity index (χ2n) is 6.82. The van der Waals surface area contributed by atoms with E-state index in [0.717, 1.165) is 42.8 Å². The molecule has 2 heterocycles. The number of carbonyl (C=O) groups is 1. The van der Waals surface area contributed by atoms with Crippen molar-refractivity contribution < 1.29 is 9.53 Å². The minimum atomic E-state index is -0.0348. The van der Waals surface area contributed by atoms with Crippen molar-refractivity contribution >= 4 is 29.2 Å². The highest BCUT2D eigenvalue weighted by Gasteiger charge is 2.31. The molecule has 1 amide bonds. The molecule has 28 heavy (non-hydrogen) atoms. The number of halogens is 1. The SMILES string of the molecule is COc1cccc(C(=O)N2CCN=C2N2CCN(c3cccc(Cl)c3)CC2)c1. The fraction of sp³-hybridized carbons (Fsp3) is 0.333. The number of methoxy groups -OCH3 is 1. The van der Waals surface area contributed by atoms with Crippen LogP contribution < -0.4 is 9.64 Å². The lowest BCUT2D eigenvalue weighted by atomic mass is 10.2. The highest BCUT2D eigenvalue weighted by molar-refractivity contribution is 6.30. The van der Waals surface area contributed by atoms with Crippen LogP contribution in [0.4, 0.5) is 5.69 Å². The van der Waals surface area contributed by atoms with E-state index in [-0.39, 0.29) is 5.91 Å². The second-order valence-corrected chi connectivity index (χ2v) is 7.26. The van der Waals surface area contributed by atoms with Gasteiger partial charge < -0.3 is 14.5 Å². The lowest BCUT2D eigenvalue weighted by molar-refractivity contribution is 0.0842. The highest BCUT2D eigenvalue weighted by atomic mass is 35.5. The number of anilines is 1. The van der Waals surface area contributed by atoms with Crippen molar-refractivity contribution in [1.29, 1.82) is 0 Å². The predicted octanol–water partition coefficient (Wildman–Crippen LogP) is 2.98. The molecule has 2 aliphatic heterocycles. The van der Waals surface area contributed by atoms with Crippen molar-refractivity contribution in [2.45, 2.75) is 0 Å². The van der Waals surface area contributed by atoms with Gasteiger partial charge in [-0.15, -0.1) is 0 Å². The number of ether oxygens (including phenoxy) is 1. The van der Waals surface area contributed by atoms with Crippen LogP contribution in [0.1, 0.15) is 10.4 Å². The Morgan fingerprint density at radius 2 is 1.75 bits per heavy atom. The van der Waals surface area contributed by atoms with Gasteiger partial charge in [-0.1, -0.05) is 23.7 Å². The second kappa shape index (κ2) is 8.10. The monoisotopic (exact) mass is 398 g/mol. The molecule has 4 rings (SSSR count). The molecule has 1 fully saturated rings. The van der Waals surface area contributed by atoms with Gasteiger partial charge in [0.05, 0.1) is 13.7 Å². The van der Waals surface area contributed by atoms with E-state index >= 15 is 0 Å². The molecule has 0 atom stereocenters. The van der Waals surface area contributed by atoms with Crippen LogP contribution in [0.5, 0.6) is 5.75 Å². The van der Waals surface area contributed by atoms with E-state index in [1.165, 1.54) is 0 Å². The molecule has 0 aliphatic carbocycles. The molecule has 0 N–H and O–H groups in total. The van der Waals surface area contributed by atoms with E-state index in [2.05, 4.69) is 20.9 Å². The van der Waals surface area contributed by atoms with Crippen molar-refractivity contribution in [2.75, 3.05) is 51.3 Å². The standard InChI is InChI=1S/C21H23ClN4O2/c1-28-19-7-2-4-16(14-19)20(27)26-9-8-23-21(26)25-12-10-24(11-13-25)18-6-3-5-17(22)15-18/h2-7,14-15H,8-13H2,1H3. The van der Waals surface area contributed by atoms with E-state index in [0.29, 0.717) is 24.4 Å². The van der Waals surface area contributed by atoms with E-state index in [4.69, 9.17) is 16.3 Å². The summed E-state index contributed by atoms with van der Waals surface area (Å²) in [5.74, 6) is 1.42. The number of hydrogen-bond acceptors (Lipinski definition) is 5. The smallest absolute Gasteiger partial charge is 0.260 e. The Labute approximate surface area is 170 Å². The molecule has 146 valence electrons. The van der Waals surface area contributed by atoms with Gasteiger partial charge in [-0.2, -0.15) is 0 Å².